The van der Waals surface area contributed by atoms with E-state index in [9.17, 15) is 9.00 Å². The summed E-state index contributed by atoms with van der Waals surface area (Å²) in [5.41, 5.74) is 2.47. The van der Waals surface area contributed by atoms with Crippen LogP contribution in [0.3, 0.4) is 0 Å². The smallest absolute Gasteiger partial charge is 0.194 e. The number of ketones is 1. The molecule has 0 bridgehead atoms. The van der Waals surface area contributed by atoms with Crippen LogP contribution in [-0.4, -0.2) is 74.3 Å². The first-order chi connectivity index (χ1) is 17.3. The lowest BCUT2D eigenvalue weighted by atomic mass is 9.94. The molecule has 3 aromatic carbocycles. The summed E-state index contributed by atoms with van der Waals surface area (Å²) in [5.74, 6) is 1.29. The standard InChI is InChI=1S/C29H32N2O4S/c1-30(2)17-19-34-23-13-9-21(10-14-23)28(32)27-25-7-5-6-8-26(25)36(33)29(27)22-11-15-24(16-12-22)35-20-18-31(3)4/h5-16H,17-20H2,1-4H3. The van der Waals surface area contributed by atoms with Gasteiger partial charge in [-0.25, -0.2) is 4.21 Å². The topological polar surface area (TPSA) is 59.1 Å². The highest BCUT2D eigenvalue weighted by Gasteiger charge is 2.33. The molecule has 0 saturated heterocycles. The monoisotopic (exact) mass is 504 g/mol. The van der Waals surface area contributed by atoms with Crippen molar-refractivity contribution in [3.8, 4) is 11.5 Å². The molecule has 0 spiro atoms. The highest BCUT2D eigenvalue weighted by Crippen LogP contribution is 2.43. The second kappa shape index (κ2) is 11.6. The Morgan fingerprint density at radius 1 is 0.750 bits per heavy atom. The number of Topliss-reactive ketones (excluding diaryl/α,β-unsaturated/α-hetero) is 1. The molecule has 0 aliphatic carbocycles. The zero-order valence-corrected chi connectivity index (χ0v) is 22.0. The average Bonchev–Trinajstić information content (AvgIpc) is 3.16. The highest BCUT2D eigenvalue weighted by atomic mass is 32.2. The number of nitrogens with zero attached hydrogens (tertiary/aromatic N) is 2. The van der Waals surface area contributed by atoms with E-state index in [0.717, 1.165) is 24.4 Å². The maximum atomic E-state index is 13.8. The lowest BCUT2D eigenvalue weighted by Crippen LogP contribution is -2.19. The second-order valence-electron chi connectivity index (χ2n) is 9.15. The maximum absolute atomic E-state index is 13.8. The van der Waals surface area contributed by atoms with Crippen molar-refractivity contribution in [2.45, 2.75) is 4.90 Å². The molecular weight excluding hydrogens is 472 g/mol. The average molecular weight is 505 g/mol. The first-order valence-corrected chi connectivity index (χ1v) is 13.1. The van der Waals surface area contributed by atoms with Gasteiger partial charge in [-0.1, -0.05) is 30.3 Å². The van der Waals surface area contributed by atoms with Gasteiger partial charge in [-0.05, 0) is 76.2 Å². The van der Waals surface area contributed by atoms with Gasteiger partial charge in [0.25, 0.3) is 0 Å². The van der Waals surface area contributed by atoms with E-state index < -0.39 is 10.8 Å². The van der Waals surface area contributed by atoms with Gasteiger partial charge in [0.2, 0.25) is 0 Å². The third-order valence-corrected chi connectivity index (χ3v) is 7.41. The molecule has 4 rings (SSSR count). The van der Waals surface area contributed by atoms with Crippen molar-refractivity contribution >= 4 is 27.1 Å². The summed E-state index contributed by atoms with van der Waals surface area (Å²) in [7, 11) is 6.52. The first kappa shape index (κ1) is 25.8. The highest BCUT2D eigenvalue weighted by molar-refractivity contribution is 7.95. The first-order valence-electron chi connectivity index (χ1n) is 11.9. The van der Waals surface area contributed by atoms with Crippen molar-refractivity contribution in [2.24, 2.45) is 0 Å². The van der Waals surface area contributed by atoms with Crippen LogP contribution in [0.2, 0.25) is 0 Å². The summed E-state index contributed by atoms with van der Waals surface area (Å²) in [6, 6.07) is 22.0. The molecule has 0 radical (unpaired) electrons. The van der Waals surface area contributed by atoms with Crippen LogP contribution in [-0.2, 0) is 10.8 Å². The molecule has 1 aliphatic rings. The molecule has 1 heterocycles. The summed E-state index contributed by atoms with van der Waals surface area (Å²) >= 11 is 0. The fourth-order valence-electron chi connectivity index (χ4n) is 3.88. The normalized spacial score (nSPS) is 14.9. The number of ether oxygens (including phenoxy) is 2. The fourth-order valence-corrected chi connectivity index (χ4v) is 5.41. The van der Waals surface area contributed by atoms with Crippen molar-refractivity contribution in [3.05, 3.63) is 89.5 Å². The Hall–Kier alpha value is -3.26. The molecule has 1 atom stereocenters. The predicted molar refractivity (Wildman–Crippen MR) is 145 cm³/mol. The molecule has 1 aliphatic heterocycles. The van der Waals surface area contributed by atoms with Crippen LogP contribution < -0.4 is 9.47 Å². The van der Waals surface area contributed by atoms with Crippen molar-refractivity contribution in [1.82, 2.24) is 9.80 Å². The van der Waals surface area contributed by atoms with Crippen LogP contribution in [0.4, 0.5) is 0 Å². The molecule has 7 heteroatoms. The second-order valence-corrected chi connectivity index (χ2v) is 10.5. The Labute approximate surface area is 215 Å². The number of hydrogen-bond donors (Lipinski definition) is 0. The van der Waals surface area contributed by atoms with E-state index in [1.54, 1.807) is 24.3 Å². The lowest BCUT2D eigenvalue weighted by Gasteiger charge is -2.12. The number of fused-ring (bicyclic) bond motifs is 1. The SMILES string of the molecule is CN(C)CCOc1ccc(C(=O)C2=C(c3ccc(OCCN(C)C)cc3)S(=O)c3ccccc32)cc1. The summed E-state index contributed by atoms with van der Waals surface area (Å²) in [4.78, 5) is 19.1. The van der Waals surface area contributed by atoms with Crippen molar-refractivity contribution in [3.63, 3.8) is 0 Å². The van der Waals surface area contributed by atoms with Gasteiger partial charge in [0.1, 0.15) is 24.7 Å². The fraction of sp³-hybridized carbons (Fsp3) is 0.276. The molecule has 0 saturated carbocycles. The van der Waals surface area contributed by atoms with Gasteiger partial charge in [0, 0.05) is 29.8 Å². The van der Waals surface area contributed by atoms with Crippen LogP contribution in [0.5, 0.6) is 11.5 Å². The van der Waals surface area contributed by atoms with E-state index in [-0.39, 0.29) is 5.78 Å². The zero-order valence-electron chi connectivity index (χ0n) is 21.2. The third kappa shape index (κ3) is 5.93. The molecule has 6 nitrogen and oxygen atoms in total. The number of likely N-dealkylation sites (N-methyl/N-ethyl adjacent to an activating group) is 2. The van der Waals surface area contributed by atoms with Gasteiger partial charge in [0.05, 0.1) is 20.6 Å². The van der Waals surface area contributed by atoms with Crippen molar-refractivity contribution in [2.75, 3.05) is 54.5 Å². The van der Waals surface area contributed by atoms with Crippen molar-refractivity contribution < 1.29 is 18.5 Å². The Kier molecular flexibility index (Phi) is 8.36. The Bertz CT molecular complexity index is 1270. The number of rotatable bonds is 11. The van der Waals surface area contributed by atoms with E-state index in [2.05, 4.69) is 4.90 Å². The molecule has 0 amide bonds. The maximum Gasteiger partial charge on any atom is 0.194 e. The van der Waals surface area contributed by atoms with E-state index in [4.69, 9.17) is 9.47 Å². The summed E-state index contributed by atoms with van der Waals surface area (Å²) in [5, 5.41) is 0. The van der Waals surface area contributed by atoms with Gasteiger partial charge >= 0.3 is 0 Å². The van der Waals surface area contributed by atoms with E-state index in [1.807, 2.05) is 81.6 Å². The van der Waals surface area contributed by atoms with E-state index in [0.29, 0.717) is 45.5 Å². The van der Waals surface area contributed by atoms with Crippen LogP contribution in [0.1, 0.15) is 21.5 Å². The molecular formula is C29H32N2O4S. The third-order valence-electron chi connectivity index (χ3n) is 5.84. The minimum atomic E-state index is -1.46. The number of hydrogen-bond acceptors (Lipinski definition) is 6. The van der Waals surface area contributed by atoms with Crippen LogP contribution in [0, 0.1) is 0 Å². The zero-order chi connectivity index (χ0) is 25.7. The predicted octanol–water partition coefficient (Wildman–Crippen LogP) is 4.44. The van der Waals surface area contributed by atoms with Gasteiger partial charge in [-0.3, -0.25) is 4.79 Å². The quantitative estimate of drug-likeness (QED) is 0.360. The van der Waals surface area contributed by atoms with Crippen LogP contribution in [0.25, 0.3) is 10.5 Å². The minimum Gasteiger partial charge on any atom is -0.492 e. The number of carbonyl (C=O) groups excluding carboxylic acids is 1. The molecule has 3 aromatic rings. The van der Waals surface area contributed by atoms with Crippen LogP contribution in [0.15, 0.2) is 77.7 Å². The largest absolute Gasteiger partial charge is 0.492 e. The number of carbonyl (C=O) groups is 1. The number of allylic oxidation sites excluding steroid dienone is 1. The molecule has 0 fully saturated rings. The lowest BCUT2D eigenvalue weighted by molar-refractivity contribution is 0.105. The van der Waals surface area contributed by atoms with Gasteiger partial charge < -0.3 is 19.3 Å². The van der Waals surface area contributed by atoms with Crippen molar-refractivity contribution in [1.29, 1.82) is 0 Å². The Morgan fingerprint density at radius 2 is 1.28 bits per heavy atom. The molecule has 0 N–H and O–H groups in total. The van der Waals surface area contributed by atoms with E-state index >= 15 is 0 Å². The molecule has 36 heavy (non-hydrogen) atoms. The Morgan fingerprint density at radius 3 is 1.83 bits per heavy atom. The minimum absolute atomic E-state index is 0.158. The van der Waals surface area contributed by atoms with Gasteiger partial charge in [0.15, 0.2) is 5.78 Å². The summed E-state index contributed by atoms with van der Waals surface area (Å²) in [6.45, 7) is 2.76. The summed E-state index contributed by atoms with van der Waals surface area (Å²) in [6.07, 6.45) is 0. The number of benzene rings is 3. The van der Waals surface area contributed by atoms with Gasteiger partial charge in [-0.2, -0.15) is 0 Å². The molecule has 188 valence electrons. The summed E-state index contributed by atoms with van der Waals surface area (Å²) < 4.78 is 25.1. The Balaban J connectivity index is 1.63. The van der Waals surface area contributed by atoms with E-state index in [1.165, 1.54) is 0 Å². The van der Waals surface area contributed by atoms with Gasteiger partial charge in [-0.15, -0.1) is 0 Å². The molecule has 1 unspecified atom stereocenters. The molecule has 0 aromatic heterocycles. The van der Waals surface area contributed by atoms with Crippen LogP contribution >= 0.6 is 0 Å².